The molecule has 4 nitrogen and oxygen atoms in total. The van der Waals surface area contributed by atoms with Crippen LogP contribution in [0.15, 0.2) is 67.0 Å². The smallest absolute Gasteiger partial charge is 0.223 e. The number of sulfone groups is 2. The fraction of sp³-hybridized carbons (Fsp3) is 0.200. The number of halogens is 5. The second kappa shape index (κ2) is 10.3. The molecule has 0 aliphatic carbocycles. The third-order valence-electron chi connectivity index (χ3n) is 2.87. The molecule has 13 heteroatoms. The van der Waals surface area contributed by atoms with E-state index in [1.807, 2.05) is 0 Å². The lowest BCUT2D eigenvalue weighted by Gasteiger charge is -1.99. The van der Waals surface area contributed by atoms with Crippen LogP contribution in [0.2, 0.25) is 0 Å². The van der Waals surface area contributed by atoms with Gasteiger partial charge in [-0.3, -0.25) is 0 Å². The fourth-order valence-corrected chi connectivity index (χ4v) is 6.09. The molecule has 2 rings (SSSR count). The molecule has 0 spiro atoms. The average Bonchev–Trinajstić information content (AvgIpc) is 3.28. The summed E-state index contributed by atoms with van der Waals surface area (Å²) in [6, 6.07) is 4.05. The zero-order valence-electron chi connectivity index (χ0n) is 14.0. The highest BCUT2D eigenvalue weighted by atomic mass is 32.2. The predicted octanol–water partition coefficient (Wildman–Crippen LogP) is 5.29. The van der Waals surface area contributed by atoms with Gasteiger partial charge in [-0.15, -0.1) is 11.3 Å². The minimum absolute atomic E-state index is 0.0268. The predicted molar refractivity (Wildman–Crippen MR) is 98.0 cm³/mol. The van der Waals surface area contributed by atoms with Crippen LogP contribution in [0.4, 0.5) is 22.0 Å². The van der Waals surface area contributed by atoms with Gasteiger partial charge in [0.1, 0.15) is 27.4 Å². The average molecular weight is 481 g/mol. The van der Waals surface area contributed by atoms with Crippen LogP contribution in [0.5, 0.6) is 0 Å². The van der Waals surface area contributed by atoms with Crippen molar-refractivity contribution in [3.63, 3.8) is 0 Å². The summed E-state index contributed by atoms with van der Waals surface area (Å²) < 4.78 is 106. The highest BCUT2D eigenvalue weighted by Crippen LogP contribution is 2.22. The molecule has 0 bridgehead atoms. The van der Waals surface area contributed by atoms with Crippen molar-refractivity contribution in [2.45, 2.75) is 16.0 Å². The summed E-state index contributed by atoms with van der Waals surface area (Å²) in [4.78, 5) is 0.0268. The Bertz CT molecular complexity index is 944. The molecule has 2 aromatic rings. The first-order chi connectivity index (χ1) is 12.9. The van der Waals surface area contributed by atoms with Crippen molar-refractivity contribution in [1.82, 2.24) is 0 Å². The first-order valence-corrected chi connectivity index (χ1v) is 12.2. The van der Waals surface area contributed by atoms with Gasteiger partial charge in [0.05, 0.1) is 4.90 Å². The van der Waals surface area contributed by atoms with E-state index < -0.39 is 54.7 Å². The fourth-order valence-electron chi connectivity index (χ4n) is 1.51. The zero-order chi connectivity index (χ0) is 21.5. The van der Waals surface area contributed by atoms with Crippen LogP contribution in [0.25, 0.3) is 0 Å². The molecule has 0 N–H and O–H groups in total. The molecule has 0 saturated heterocycles. The molecule has 0 amide bonds. The SMILES string of the molecule is C/C(F)=C(\F)CS(=O)(=O)c1ccsc1.O=S(=O)(CC(F)=C(F)F)c1cccs1. The maximum absolute atomic E-state index is 12.7. The normalized spacial score (nSPS) is 12.6. The van der Waals surface area contributed by atoms with Crippen molar-refractivity contribution in [2.75, 3.05) is 11.5 Å². The third kappa shape index (κ3) is 7.45. The monoisotopic (exact) mass is 480 g/mol. The molecule has 0 aromatic carbocycles. The van der Waals surface area contributed by atoms with Crippen LogP contribution in [0.3, 0.4) is 0 Å². The van der Waals surface area contributed by atoms with E-state index in [1.165, 1.54) is 40.3 Å². The third-order valence-corrected chi connectivity index (χ3v) is 8.40. The molecule has 0 aliphatic rings. The maximum atomic E-state index is 12.7. The minimum Gasteiger partial charge on any atom is -0.223 e. The van der Waals surface area contributed by atoms with E-state index in [9.17, 15) is 38.8 Å². The molecule has 2 aromatic heterocycles. The highest BCUT2D eigenvalue weighted by Gasteiger charge is 2.21. The Morgan fingerprint density at radius 3 is 1.93 bits per heavy atom. The van der Waals surface area contributed by atoms with Gasteiger partial charge in [-0.1, -0.05) is 6.07 Å². The van der Waals surface area contributed by atoms with Crippen molar-refractivity contribution < 1.29 is 38.8 Å². The van der Waals surface area contributed by atoms with Gasteiger partial charge in [-0.2, -0.15) is 20.1 Å². The van der Waals surface area contributed by atoms with Crippen LogP contribution < -0.4 is 0 Å². The molecule has 156 valence electrons. The van der Waals surface area contributed by atoms with Crippen molar-refractivity contribution >= 4 is 42.3 Å². The summed E-state index contributed by atoms with van der Waals surface area (Å²) in [5.41, 5.74) is 0. The summed E-state index contributed by atoms with van der Waals surface area (Å²) in [7, 11) is -7.68. The minimum atomic E-state index is -3.96. The highest BCUT2D eigenvalue weighted by molar-refractivity contribution is 7.93. The summed E-state index contributed by atoms with van der Waals surface area (Å²) in [6.45, 7) is 0.887. The lowest BCUT2D eigenvalue weighted by Crippen LogP contribution is -2.06. The first-order valence-electron chi connectivity index (χ1n) is 7.08. The van der Waals surface area contributed by atoms with Crippen LogP contribution in [-0.4, -0.2) is 28.3 Å². The van der Waals surface area contributed by atoms with E-state index in [-0.39, 0.29) is 9.10 Å². The van der Waals surface area contributed by atoms with Crippen molar-refractivity contribution in [2.24, 2.45) is 0 Å². The molecule has 0 unspecified atom stereocenters. The molecule has 28 heavy (non-hydrogen) atoms. The number of rotatable bonds is 6. The van der Waals surface area contributed by atoms with Gasteiger partial charge in [-0.05, 0) is 29.8 Å². The standard InChI is InChI=1S/C8H8F2O2S2.C7H5F3O2S2/c1-6(9)8(10)5-14(11,12)7-2-3-13-4-7;8-5(7(9)10)4-14(11,12)6-2-1-3-13-6/h2-4H,5H2,1H3;1-3H,4H2/b8-6+;. The second-order valence-electron chi connectivity index (χ2n) is 5.01. The molecular weight excluding hydrogens is 467 g/mol. The van der Waals surface area contributed by atoms with E-state index in [2.05, 4.69) is 0 Å². The number of hydrogen-bond acceptors (Lipinski definition) is 6. The molecular formula is C15H13F5O4S4. The lowest BCUT2D eigenvalue weighted by atomic mass is 10.5. The van der Waals surface area contributed by atoms with E-state index in [0.29, 0.717) is 0 Å². The van der Waals surface area contributed by atoms with Gasteiger partial charge in [-0.25, -0.2) is 30.0 Å². The topological polar surface area (TPSA) is 68.3 Å². The molecule has 0 atom stereocenters. The van der Waals surface area contributed by atoms with E-state index >= 15 is 0 Å². The van der Waals surface area contributed by atoms with Crippen molar-refractivity contribution in [3.05, 3.63) is 57.9 Å². The van der Waals surface area contributed by atoms with Crippen LogP contribution in [0, 0.1) is 0 Å². The van der Waals surface area contributed by atoms with E-state index in [1.54, 1.807) is 5.38 Å². The van der Waals surface area contributed by atoms with E-state index in [0.717, 1.165) is 18.3 Å². The number of thiophene rings is 2. The molecule has 2 heterocycles. The van der Waals surface area contributed by atoms with Gasteiger partial charge >= 0.3 is 6.08 Å². The van der Waals surface area contributed by atoms with Gasteiger partial charge in [0.15, 0.2) is 25.5 Å². The Morgan fingerprint density at radius 2 is 1.50 bits per heavy atom. The molecule has 0 fully saturated rings. The van der Waals surface area contributed by atoms with Crippen molar-refractivity contribution in [1.29, 1.82) is 0 Å². The first kappa shape index (κ1) is 24.5. The Kier molecular flexibility index (Phi) is 8.98. The van der Waals surface area contributed by atoms with Gasteiger partial charge in [0, 0.05) is 5.38 Å². The van der Waals surface area contributed by atoms with Gasteiger partial charge in [0.2, 0.25) is 0 Å². The molecule has 0 aliphatic heterocycles. The van der Waals surface area contributed by atoms with Crippen LogP contribution in [-0.2, 0) is 19.7 Å². The summed E-state index contributed by atoms with van der Waals surface area (Å²) in [6.07, 6.45) is -2.59. The number of allylic oxidation sites excluding steroid dienone is 1. The van der Waals surface area contributed by atoms with Crippen molar-refractivity contribution in [3.8, 4) is 0 Å². The Hall–Kier alpha value is -1.57. The zero-order valence-corrected chi connectivity index (χ0v) is 17.3. The van der Waals surface area contributed by atoms with Gasteiger partial charge in [0.25, 0.3) is 0 Å². The summed E-state index contributed by atoms with van der Waals surface area (Å²) in [5, 5.41) is 4.42. The van der Waals surface area contributed by atoms with Crippen LogP contribution in [0.1, 0.15) is 6.92 Å². The number of hydrogen-bond donors (Lipinski definition) is 0. The second-order valence-corrected chi connectivity index (χ2v) is 10.9. The quantitative estimate of drug-likeness (QED) is 0.527. The molecule has 0 saturated carbocycles. The van der Waals surface area contributed by atoms with E-state index in [4.69, 9.17) is 0 Å². The van der Waals surface area contributed by atoms with Crippen LogP contribution >= 0.6 is 22.7 Å². The largest absolute Gasteiger partial charge is 0.302 e. The summed E-state index contributed by atoms with van der Waals surface area (Å²) in [5.74, 6) is -6.43. The molecule has 0 radical (unpaired) electrons. The van der Waals surface area contributed by atoms with Gasteiger partial charge < -0.3 is 0 Å². The maximum Gasteiger partial charge on any atom is 0.302 e. The Morgan fingerprint density at radius 1 is 0.893 bits per heavy atom. The summed E-state index contributed by atoms with van der Waals surface area (Å²) >= 11 is 2.05. The Labute approximate surface area is 166 Å². The lowest BCUT2D eigenvalue weighted by molar-refractivity contribution is 0.380. The Balaban J connectivity index is 0.000000280.